The average molecular weight is 269 g/mol. The van der Waals surface area contributed by atoms with Gasteiger partial charge in [0.2, 0.25) is 0 Å². The molecule has 1 amide bonds. The van der Waals surface area contributed by atoms with Crippen LogP contribution in [0.3, 0.4) is 0 Å². The number of phenols is 1. The highest BCUT2D eigenvalue weighted by Gasteiger charge is 2.11. The summed E-state index contributed by atoms with van der Waals surface area (Å²) in [6.07, 6.45) is 1.81. The van der Waals surface area contributed by atoms with Crippen molar-refractivity contribution in [2.45, 2.75) is 19.8 Å². The molecule has 104 valence electrons. The van der Waals surface area contributed by atoms with Gasteiger partial charge in [-0.3, -0.25) is 4.79 Å². The Morgan fingerprint density at radius 2 is 1.85 bits per heavy atom. The second kappa shape index (κ2) is 6.75. The molecule has 0 bridgehead atoms. The highest BCUT2D eigenvalue weighted by Crippen LogP contribution is 2.20. The van der Waals surface area contributed by atoms with Gasteiger partial charge in [-0.05, 0) is 37.0 Å². The van der Waals surface area contributed by atoms with Gasteiger partial charge in [-0.25, -0.2) is 0 Å². The van der Waals surface area contributed by atoms with Crippen molar-refractivity contribution in [1.82, 2.24) is 5.32 Å². The number of amides is 1. The number of rotatable bonds is 5. The van der Waals surface area contributed by atoms with Crippen LogP contribution < -0.4 is 5.32 Å². The Labute approximate surface area is 119 Å². The van der Waals surface area contributed by atoms with Crippen LogP contribution in [0.1, 0.15) is 27.9 Å². The molecule has 2 N–H and O–H groups in total. The van der Waals surface area contributed by atoms with E-state index in [2.05, 4.69) is 17.4 Å². The summed E-state index contributed by atoms with van der Waals surface area (Å²) in [6.45, 7) is 2.38. The van der Waals surface area contributed by atoms with Crippen LogP contribution in [0.25, 0.3) is 0 Å². The zero-order valence-corrected chi connectivity index (χ0v) is 11.6. The molecule has 0 heterocycles. The third-order valence-electron chi connectivity index (χ3n) is 3.25. The van der Waals surface area contributed by atoms with Gasteiger partial charge in [0.25, 0.3) is 5.91 Å². The molecule has 0 saturated heterocycles. The lowest BCUT2D eigenvalue weighted by atomic mass is 10.1. The molecule has 0 aliphatic heterocycles. The maximum absolute atomic E-state index is 12.0. The van der Waals surface area contributed by atoms with Crippen molar-refractivity contribution in [3.05, 3.63) is 65.2 Å². The highest BCUT2D eigenvalue weighted by molar-refractivity contribution is 5.97. The van der Waals surface area contributed by atoms with Crippen LogP contribution in [0, 0.1) is 6.92 Å². The summed E-state index contributed by atoms with van der Waals surface area (Å²) in [5, 5.41) is 12.7. The first-order valence-electron chi connectivity index (χ1n) is 6.79. The molecule has 0 spiro atoms. The van der Waals surface area contributed by atoms with Crippen molar-refractivity contribution in [2.75, 3.05) is 6.54 Å². The topological polar surface area (TPSA) is 49.3 Å². The van der Waals surface area contributed by atoms with E-state index in [4.69, 9.17) is 0 Å². The van der Waals surface area contributed by atoms with E-state index in [0.29, 0.717) is 17.7 Å². The zero-order valence-electron chi connectivity index (χ0n) is 11.6. The summed E-state index contributed by atoms with van der Waals surface area (Å²) in [4.78, 5) is 12.0. The molecule has 0 unspecified atom stereocenters. The fourth-order valence-electron chi connectivity index (χ4n) is 2.08. The van der Waals surface area contributed by atoms with Crippen molar-refractivity contribution in [3.63, 3.8) is 0 Å². The molecule has 2 aromatic rings. The van der Waals surface area contributed by atoms with Crippen molar-refractivity contribution in [2.24, 2.45) is 0 Å². The minimum Gasteiger partial charge on any atom is -0.507 e. The van der Waals surface area contributed by atoms with Crippen molar-refractivity contribution >= 4 is 5.91 Å². The van der Waals surface area contributed by atoms with Gasteiger partial charge < -0.3 is 10.4 Å². The first kappa shape index (κ1) is 14.1. The second-order valence-corrected chi connectivity index (χ2v) is 4.82. The molecule has 20 heavy (non-hydrogen) atoms. The summed E-state index contributed by atoms with van der Waals surface area (Å²) in [6, 6.07) is 15.4. The Morgan fingerprint density at radius 1 is 1.10 bits per heavy atom. The molecular formula is C17H19NO2. The number of phenolic OH excluding ortho intramolecular Hbond substituents is 1. The standard InChI is InChI=1S/C17H19NO2/c1-13-7-5-11-15(16(13)19)17(20)18-12-6-10-14-8-3-2-4-9-14/h2-5,7-9,11,19H,6,10,12H2,1H3,(H,18,20). The third-order valence-corrected chi connectivity index (χ3v) is 3.25. The largest absolute Gasteiger partial charge is 0.507 e. The van der Waals surface area contributed by atoms with Crippen LogP contribution in [0.2, 0.25) is 0 Å². The Bertz CT molecular complexity index is 579. The molecule has 3 heteroatoms. The fraction of sp³-hybridized carbons (Fsp3) is 0.235. The molecule has 0 aliphatic rings. The number of benzene rings is 2. The minimum atomic E-state index is -0.223. The van der Waals surface area contributed by atoms with Gasteiger partial charge in [-0.1, -0.05) is 42.5 Å². The van der Waals surface area contributed by atoms with Gasteiger partial charge >= 0.3 is 0 Å². The number of aromatic hydroxyl groups is 1. The van der Waals surface area contributed by atoms with E-state index in [9.17, 15) is 9.90 Å². The quantitative estimate of drug-likeness (QED) is 0.820. The number of para-hydroxylation sites is 1. The number of nitrogens with one attached hydrogen (secondary N) is 1. The van der Waals surface area contributed by atoms with E-state index in [1.807, 2.05) is 18.2 Å². The number of hydrogen-bond donors (Lipinski definition) is 2. The van der Waals surface area contributed by atoms with Gasteiger partial charge in [0.1, 0.15) is 5.75 Å². The molecule has 0 saturated carbocycles. The van der Waals surface area contributed by atoms with Gasteiger partial charge in [0, 0.05) is 6.54 Å². The summed E-state index contributed by atoms with van der Waals surface area (Å²) < 4.78 is 0. The zero-order chi connectivity index (χ0) is 14.4. The molecule has 0 atom stereocenters. The Kier molecular flexibility index (Phi) is 4.77. The maximum atomic E-state index is 12.0. The Balaban J connectivity index is 1.82. The second-order valence-electron chi connectivity index (χ2n) is 4.82. The normalized spacial score (nSPS) is 10.2. The van der Waals surface area contributed by atoms with Crippen LogP contribution in [0.4, 0.5) is 0 Å². The van der Waals surface area contributed by atoms with Crippen LogP contribution in [-0.4, -0.2) is 17.6 Å². The van der Waals surface area contributed by atoms with Gasteiger partial charge in [0.05, 0.1) is 5.56 Å². The van der Waals surface area contributed by atoms with Crippen molar-refractivity contribution in [3.8, 4) is 5.75 Å². The summed E-state index contributed by atoms with van der Waals surface area (Å²) in [7, 11) is 0. The number of carbonyl (C=O) groups excluding carboxylic acids is 1. The van der Waals surface area contributed by atoms with E-state index >= 15 is 0 Å². The van der Waals surface area contributed by atoms with Crippen molar-refractivity contribution < 1.29 is 9.90 Å². The number of aryl methyl sites for hydroxylation is 2. The SMILES string of the molecule is Cc1cccc(C(=O)NCCCc2ccccc2)c1O. The smallest absolute Gasteiger partial charge is 0.255 e. The first-order chi connectivity index (χ1) is 9.68. The van der Waals surface area contributed by atoms with Crippen LogP contribution >= 0.6 is 0 Å². The Morgan fingerprint density at radius 3 is 2.60 bits per heavy atom. The molecule has 2 aromatic carbocycles. The monoisotopic (exact) mass is 269 g/mol. The molecule has 0 fully saturated rings. The average Bonchev–Trinajstić information content (AvgIpc) is 2.47. The predicted molar refractivity (Wildman–Crippen MR) is 79.9 cm³/mol. The molecule has 3 nitrogen and oxygen atoms in total. The van der Waals surface area contributed by atoms with E-state index in [0.717, 1.165) is 12.8 Å². The third kappa shape index (κ3) is 3.60. The van der Waals surface area contributed by atoms with E-state index in [1.54, 1.807) is 25.1 Å². The van der Waals surface area contributed by atoms with Gasteiger partial charge in [-0.2, -0.15) is 0 Å². The molecule has 0 aliphatic carbocycles. The lowest BCUT2D eigenvalue weighted by Crippen LogP contribution is -2.24. The molecule has 2 rings (SSSR count). The van der Waals surface area contributed by atoms with E-state index in [1.165, 1.54) is 5.56 Å². The highest BCUT2D eigenvalue weighted by atomic mass is 16.3. The lowest BCUT2D eigenvalue weighted by Gasteiger charge is -2.08. The van der Waals surface area contributed by atoms with Gasteiger partial charge in [0.15, 0.2) is 0 Å². The van der Waals surface area contributed by atoms with Gasteiger partial charge in [-0.15, -0.1) is 0 Å². The van der Waals surface area contributed by atoms with Crippen LogP contribution in [0.15, 0.2) is 48.5 Å². The number of hydrogen-bond acceptors (Lipinski definition) is 2. The lowest BCUT2D eigenvalue weighted by molar-refractivity contribution is 0.0950. The summed E-state index contributed by atoms with van der Waals surface area (Å²) in [5.41, 5.74) is 2.31. The fourth-order valence-corrected chi connectivity index (χ4v) is 2.08. The van der Waals surface area contributed by atoms with E-state index < -0.39 is 0 Å². The summed E-state index contributed by atoms with van der Waals surface area (Å²) in [5.74, 6) is -0.160. The molecule has 0 aromatic heterocycles. The predicted octanol–water partition coefficient (Wildman–Crippen LogP) is 3.06. The maximum Gasteiger partial charge on any atom is 0.255 e. The van der Waals surface area contributed by atoms with Crippen LogP contribution in [-0.2, 0) is 6.42 Å². The van der Waals surface area contributed by atoms with Crippen LogP contribution in [0.5, 0.6) is 5.75 Å². The minimum absolute atomic E-state index is 0.0630. The summed E-state index contributed by atoms with van der Waals surface area (Å²) >= 11 is 0. The molecule has 0 radical (unpaired) electrons. The van der Waals surface area contributed by atoms with E-state index in [-0.39, 0.29) is 11.7 Å². The molecular weight excluding hydrogens is 250 g/mol. The number of carbonyl (C=O) groups is 1. The van der Waals surface area contributed by atoms with Crippen molar-refractivity contribution in [1.29, 1.82) is 0 Å². The first-order valence-corrected chi connectivity index (χ1v) is 6.79. The Hall–Kier alpha value is -2.29.